The molecule has 15 nitrogen and oxygen atoms in total. The summed E-state index contributed by atoms with van der Waals surface area (Å²) in [5, 5.41) is 33.1. The summed E-state index contributed by atoms with van der Waals surface area (Å²) in [4.78, 5) is 13.7. The summed E-state index contributed by atoms with van der Waals surface area (Å²) in [6.45, 7) is 9.95. The Labute approximate surface area is 329 Å². The number of ether oxygens (including phenoxy) is 11. The lowest BCUT2D eigenvalue weighted by Crippen LogP contribution is -2.61. The highest BCUT2D eigenvalue weighted by molar-refractivity contribution is 5.74. The molecule has 6 fully saturated rings. The fraction of sp³-hybridized carbons (Fsp3) is 0.878. The first-order chi connectivity index (χ1) is 26.7. The molecule has 8 aliphatic rings. The Balaban J connectivity index is 0.869. The predicted molar refractivity (Wildman–Crippen MR) is 194 cm³/mol. The number of aliphatic hydroxyl groups is 3. The van der Waals surface area contributed by atoms with E-state index in [4.69, 9.17) is 52.1 Å². The van der Waals surface area contributed by atoms with Gasteiger partial charge in [0.05, 0.1) is 61.3 Å². The van der Waals surface area contributed by atoms with Crippen molar-refractivity contribution in [2.45, 2.75) is 184 Å². The minimum Gasteiger partial charge on any atom is -0.469 e. The van der Waals surface area contributed by atoms with Gasteiger partial charge in [-0.3, -0.25) is 4.79 Å². The fourth-order valence-electron chi connectivity index (χ4n) is 11.0. The Morgan fingerprint density at radius 2 is 1.57 bits per heavy atom. The van der Waals surface area contributed by atoms with Gasteiger partial charge in [-0.25, -0.2) is 0 Å². The molecule has 3 N–H and O–H groups in total. The number of hydrogen-bond acceptors (Lipinski definition) is 15. The highest BCUT2D eigenvalue weighted by Crippen LogP contribution is 2.57. The number of hydrogen-bond donors (Lipinski definition) is 3. The van der Waals surface area contributed by atoms with Crippen molar-refractivity contribution < 1.29 is 72.2 Å². The van der Waals surface area contributed by atoms with E-state index in [1.165, 1.54) is 19.8 Å². The lowest BCUT2D eigenvalue weighted by atomic mass is 9.55. The van der Waals surface area contributed by atoms with Crippen molar-refractivity contribution in [3.63, 3.8) is 0 Å². The molecule has 6 aliphatic heterocycles. The van der Waals surface area contributed by atoms with Gasteiger partial charge in [0.2, 0.25) is 5.79 Å². The van der Waals surface area contributed by atoms with Gasteiger partial charge >= 0.3 is 5.97 Å². The molecule has 56 heavy (non-hydrogen) atoms. The van der Waals surface area contributed by atoms with Crippen LogP contribution in [0.2, 0.25) is 0 Å². The van der Waals surface area contributed by atoms with Crippen LogP contribution in [0.1, 0.15) is 86.0 Å². The number of fused-ring (bicyclic) bond motifs is 3. The molecule has 2 aliphatic carbocycles. The molecule has 0 amide bonds. The molecule has 0 unspecified atom stereocenters. The highest BCUT2D eigenvalue weighted by atomic mass is 16.8. The van der Waals surface area contributed by atoms with Crippen LogP contribution in [0.3, 0.4) is 0 Å². The Hall–Kier alpha value is -1.73. The molecular formula is C41H62O15. The maximum Gasteiger partial charge on any atom is 0.309 e. The molecule has 6 heterocycles. The molecule has 0 aromatic heterocycles. The van der Waals surface area contributed by atoms with Crippen LogP contribution in [0, 0.1) is 23.2 Å². The Morgan fingerprint density at radius 1 is 0.839 bits per heavy atom. The maximum absolute atomic E-state index is 13.7. The van der Waals surface area contributed by atoms with Crippen molar-refractivity contribution in [2.24, 2.45) is 23.2 Å². The zero-order valence-corrected chi connectivity index (χ0v) is 33.7. The second-order valence-electron chi connectivity index (χ2n) is 17.7. The molecule has 15 heteroatoms. The van der Waals surface area contributed by atoms with Crippen LogP contribution >= 0.6 is 0 Å². The average molecular weight is 795 g/mol. The van der Waals surface area contributed by atoms with Gasteiger partial charge in [0.25, 0.3) is 0 Å². The van der Waals surface area contributed by atoms with Gasteiger partial charge in [-0.05, 0) is 76.2 Å². The van der Waals surface area contributed by atoms with Gasteiger partial charge in [-0.1, -0.05) is 18.6 Å². The third kappa shape index (κ3) is 7.40. The quantitative estimate of drug-likeness (QED) is 0.241. The van der Waals surface area contributed by atoms with Crippen LogP contribution in [0.5, 0.6) is 0 Å². The highest BCUT2D eigenvalue weighted by Gasteiger charge is 2.58. The largest absolute Gasteiger partial charge is 0.469 e. The molecule has 5 saturated heterocycles. The van der Waals surface area contributed by atoms with Gasteiger partial charge in [0.15, 0.2) is 18.9 Å². The number of esters is 1. The number of aliphatic hydroxyl groups excluding tert-OH is 3. The van der Waals surface area contributed by atoms with E-state index >= 15 is 0 Å². The summed E-state index contributed by atoms with van der Waals surface area (Å²) in [7, 11) is 3.05. The smallest absolute Gasteiger partial charge is 0.309 e. The molecule has 0 spiro atoms. The topological polar surface area (TPSA) is 179 Å². The summed E-state index contributed by atoms with van der Waals surface area (Å²) in [5.41, 5.74) is 2.24. The Morgan fingerprint density at radius 3 is 2.32 bits per heavy atom. The van der Waals surface area contributed by atoms with E-state index < -0.39 is 85.7 Å². The summed E-state index contributed by atoms with van der Waals surface area (Å²) in [6.07, 6.45) is -1.12. The van der Waals surface area contributed by atoms with Crippen molar-refractivity contribution in [2.75, 3.05) is 20.8 Å². The maximum atomic E-state index is 13.7. The Bertz CT molecular complexity index is 1480. The van der Waals surface area contributed by atoms with E-state index in [9.17, 15) is 20.1 Å². The van der Waals surface area contributed by atoms with Crippen molar-refractivity contribution in [1.29, 1.82) is 0 Å². The van der Waals surface area contributed by atoms with Gasteiger partial charge in [-0.15, -0.1) is 0 Å². The number of methoxy groups -OCH3 is 2. The lowest BCUT2D eigenvalue weighted by Gasteiger charge is -2.51. The van der Waals surface area contributed by atoms with Crippen LogP contribution in [-0.4, -0.2) is 140 Å². The minimum atomic E-state index is -1.16. The third-order valence-corrected chi connectivity index (χ3v) is 14.3. The van der Waals surface area contributed by atoms with Crippen LogP contribution in [0.4, 0.5) is 0 Å². The van der Waals surface area contributed by atoms with Crippen molar-refractivity contribution >= 4 is 5.97 Å². The summed E-state index contributed by atoms with van der Waals surface area (Å²) in [5.74, 6) is -1.10. The van der Waals surface area contributed by atoms with Crippen LogP contribution in [0.25, 0.3) is 0 Å². The third-order valence-electron chi connectivity index (χ3n) is 14.3. The molecule has 316 valence electrons. The molecule has 0 aromatic rings. The van der Waals surface area contributed by atoms with Crippen molar-refractivity contribution in [3.8, 4) is 0 Å². The van der Waals surface area contributed by atoms with Crippen molar-refractivity contribution in [3.05, 3.63) is 23.5 Å². The normalized spacial score (nSPS) is 51.9. The van der Waals surface area contributed by atoms with Crippen LogP contribution < -0.4 is 0 Å². The van der Waals surface area contributed by atoms with Crippen molar-refractivity contribution in [1.82, 2.24) is 0 Å². The average Bonchev–Trinajstić information content (AvgIpc) is 3.68. The predicted octanol–water partition coefficient (Wildman–Crippen LogP) is 3.00. The van der Waals surface area contributed by atoms with E-state index in [0.717, 1.165) is 31.3 Å². The first-order valence-corrected chi connectivity index (χ1v) is 20.7. The second kappa shape index (κ2) is 16.0. The lowest BCUT2D eigenvalue weighted by molar-refractivity contribution is -0.352. The Kier molecular flexibility index (Phi) is 11.7. The van der Waals surface area contributed by atoms with E-state index in [0.29, 0.717) is 25.9 Å². The van der Waals surface area contributed by atoms with Gasteiger partial charge in [0, 0.05) is 34.0 Å². The molecule has 0 aromatic carbocycles. The summed E-state index contributed by atoms with van der Waals surface area (Å²) >= 11 is 0. The zero-order chi connectivity index (χ0) is 39.7. The molecule has 0 bridgehead atoms. The minimum absolute atomic E-state index is 0.0773. The van der Waals surface area contributed by atoms with Crippen LogP contribution in [-0.2, 0) is 56.9 Å². The molecule has 20 atom stereocenters. The van der Waals surface area contributed by atoms with E-state index in [1.807, 2.05) is 20.1 Å². The number of carbonyl (C=O) groups excluding carboxylic acids is 1. The SMILES string of the molecule is CO[C@@H]1[C@@H](O)[C@H](O[C@H]2CC[C@@]3(C)C(=CC[C@H]4C(=O)O[C@@H]5CO[C@]6(C)OC=C(CC[C@@H]43)[C@H]56)C2)O[C@H](C)[C@H]1O[C@H]1C[C@H](O)[C@@H](O[C@H]2C[C@@H](OC)[C@@H](O)[C@H](C)O2)[C@H](C)O1. The molecular weight excluding hydrogens is 732 g/mol. The number of carbonyl (C=O) groups is 1. The van der Waals surface area contributed by atoms with Gasteiger partial charge < -0.3 is 67.4 Å². The molecule has 1 saturated carbocycles. The van der Waals surface area contributed by atoms with E-state index in [-0.39, 0.29) is 47.8 Å². The second-order valence-corrected chi connectivity index (χ2v) is 17.7. The first kappa shape index (κ1) is 41.0. The molecule has 0 radical (unpaired) electrons. The number of rotatable bonds is 8. The summed E-state index contributed by atoms with van der Waals surface area (Å²) in [6, 6.07) is 0. The summed E-state index contributed by atoms with van der Waals surface area (Å²) < 4.78 is 66.7. The first-order valence-electron chi connectivity index (χ1n) is 20.7. The number of allylic oxidation sites excluding steroid dienone is 1. The van der Waals surface area contributed by atoms with Crippen LogP contribution in [0.15, 0.2) is 23.5 Å². The van der Waals surface area contributed by atoms with E-state index in [1.54, 1.807) is 13.8 Å². The standard InChI is InChI=1S/C41H62O15/c1-19-33(43)28(46-6)16-31(50-19)55-35-20(2)51-30(15-27(35)42)56-36-21(3)52-39(34(44)37(36)47-7)53-24-12-13-40(4)23(14-24)9-10-25-26(40)11-8-22-17-48-41(5)32(22)29(18-49-41)54-38(25)45/h9,17,19-21,24-37,39,42-44H,8,10-16,18H2,1-7H3/t19-,20-,21+,24-,25+,26-,27-,28+,29+,30-,31-,32+,33-,34+,35-,36+,37+,39-,40-,41-/m0/s1. The molecule has 8 rings (SSSR count). The zero-order valence-electron chi connectivity index (χ0n) is 33.7. The van der Waals surface area contributed by atoms with Gasteiger partial charge in [-0.2, -0.15) is 0 Å². The monoisotopic (exact) mass is 794 g/mol. The van der Waals surface area contributed by atoms with E-state index in [2.05, 4.69) is 13.0 Å². The fourth-order valence-corrected chi connectivity index (χ4v) is 11.0. The van der Waals surface area contributed by atoms with Gasteiger partial charge in [0.1, 0.15) is 36.6 Å².